The second kappa shape index (κ2) is 6.39. The molecule has 0 radical (unpaired) electrons. The zero-order valence-electron chi connectivity index (χ0n) is 11.0. The van der Waals surface area contributed by atoms with Crippen LogP contribution in [0.3, 0.4) is 0 Å². The number of hydrogen-bond donors (Lipinski definition) is 2. The van der Waals surface area contributed by atoms with Gasteiger partial charge in [0.1, 0.15) is 0 Å². The van der Waals surface area contributed by atoms with Crippen LogP contribution in [0, 0.1) is 5.92 Å². The van der Waals surface area contributed by atoms with Gasteiger partial charge >= 0.3 is 0 Å². The van der Waals surface area contributed by atoms with Gasteiger partial charge in [-0.1, -0.05) is 19.8 Å². The Balaban J connectivity index is 1.71. The molecular formula is C14H26N2O. The predicted molar refractivity (Wildman–Crippen MR) is 69.8 cm³/mol. The van der Waals surface area contributed by atoms with Crippen LogP contribution in [-0.4, -0.2) is 24.5 Å². The van der Waals surface area contributed by atoms with Crippen molar-refractivity contribution in [2.45, 2.75) is 70.4 Å². The summed E-state index contributed by atoms with van der Waals surface area (Å²) in [6.45, 7) is 3.27. The molecule has 0 bridgehead atoms. The van der Waals surface area contributed by atoms with Crippen LogP contribution in [0.4, 0.5) is 0 Å². The van der Waals surface area contributed by atoms with E-state index < -0.39 is 0 Å². The molecular weight excluding hydrogens is 212 g/mol. The van der Waals surface area contributed by atoms with E-state index in [1.165, 1.54) is 44.9 Å². The van der Waals surface area contributed by atoms with Crippen molar-refractivity contribution in [1.29, 1.82) is 0 Å². The van der Waals surface area contributed by atoms with E-state index in [4.69, 9.17) is 0 Å². The molecule has 17 heavy (non-hydrogen) atoms. The molecule has 2 rings (SSSR count). The highest BCUT2D eigenvalue weighted by Crippen LogP contribution is 2.26. The molecule has 0 aromatic carbocycles. The standard InChI is InChI=1S/C14H26N2O/c1-2-11-6-8-12(9-7-11)16-14(17)13-5-3-4-10-15-13/h11-13,15H,2-10H2,1H3,(H,16,17)/t11?,12?,13-/m0/s1. The highest BCUT2D eigenvalue weighted by atomic mass is 16.2. The molecule has 0 aromatic heterocycles. The molecule has 98 valence electrons. The summed E-state index contributed by atoms with van der Waals surface area (Å²) in [5, 5.41) is 6.55. The fourth-order valence-electron chi connectivity index (χ4n) is 3.09. The highest BCUT2D eigenvalue weighted by molar-refractivity contribution is 5.82. The first-order chi connectivity index (χ1) is 8.29. The molecule has 1 aliphatic carbocycles. The largest absolute Gasteiger partial charge is 0.352 e. The number of amides is 1. The van der Waals surface area contributed by atoms with Crippen LogP contribution in [0.1, 0.15) is 58.3 Å². The third-order valence-corrected chi connectivity index (χ3v) is 4.40. The monoisotopic (exact) mass is 238 g/mol. The average Bonchev–Trinajstić information content (AvgIpc) is 2.40. The second-order valence-electron chi connectivity index (χ2n) is 5.64. The minimum Gasteiger partial charge on any atom is -0.352 e. The molecule has 1 heterocycles. The summed E-state index contributed by atoms with van der Waals surface area (Å²) in [4.78, 5) is 12.0. The van der Waals surface area contributed by atoms with E-state index in [0.717, 1.165) is 18.9 Å². The van der Waals surface area contributed by atoms with Crippen molar-refractivity contribution < 1.29 is 4.79 Å². The van der Waals surface area contributed by atoms with E-state index in [2.05, 4.69) is 17.6 Å². The fourth-order valence-corrected chi connectivity index (χ4v) is 3.09. The molecule has 0 aromatic rings. The normalized spacial score (nSPS) is 34.3. The van der Waals surface area contributed by atoms with E-state index in [9.17, 15) is 4.79 Å². The van der Waals surface area contributed by atoms with E-state index in [-0.39, 0.29) is 11.9 Å². The molecule has 1 saturated heterocycles. The van der Waals surface area contributed by atoms with Gasteiger partial charge in [0.25, 0.3) is 0 Å². The summed E-state index contributed by atoms with van der Waals surface area (Å²) >= 11 is 0. The maximum Gasteiger partial charge on any atom is 0.237 e. The van der Waals surface area contributed by atoms with Crippen LogP contribution in [0.5, 0.6) is 0 Å². The zero-order valence-corrected chi connectivity index (χ0v) is 11.0. The molecule has 2 aliphatic rings. The molecule has 1 amide bonds. The van der Waals surface area contributed by atoms with Crippen LogP contribution < -0.4 is 10.6 Å². The quantitative estimate of drug-likeness (QED) is 0.791. The third kappa shape index (κ3) is 3.70. The molecule has 0 unspecified atom stereocenters. The Kier molecular flexibility index (Phi) is 4.84. The summed E-state index contributed by atoms with van der Waals surface area (Å²) in [5.74, 6) is 1.14. The van der Waals surface area contributed by atoms with Crippen LogP contribution in [0.15, 0.2) is 0 Å². The van der Waals surface area contributed by atoms with Crippen LogP contribution in [-0.2, 0) is 4.79 Å². The lowest BCUT2D eigenvalue weighted by atomic mass is 9.84. The first kappa shape index (κ1) is 12.9. The maximum atomic E-state index is 12.0. The number of carbonyl (C=O) groups excluding carboxylic acids is 1. The molecule has 3 heteroatoms. The number of hydrogen-bond acceptors (Lipinski definition) is 2. The molecule has 1 aliphatic heterocycles. The van der Waals surface area contributed by atoms with Gasteiger partial charge in [-0.15, -0.1) is 0 Å². The summed E-state index contributed by atoms with van der Waals surface area (Å²) in [6, 6.07) is 0.515. The average molecular weight is 238 g/mol. The van der Waals surface area contributed by atoms with Crippen molar-refractivity contribution in [3.63, 3.8) is 0 Å². The molecule has 3 nitrogen and oxygen atoms in total. The Hall–Kier alpha value is -0.570. The minimum absolute atomic E-state index is 0.0765. The minimum atomic E-state index is 0.0765. The smallest absolute Gasteiger partial charge is 0.237 e. The van der Waals surface area contributed by atoms with Gasteiger partial charge in [-0.05, 0) is 51.0 Å². The van der Waals surface area contributed by atoms with Gasteiger partial charge in [-0.2, -0.15) is 0 Å². The molecule has 0 spiro atoms. The van der Waals surface area contributed by atoms with Crippen LogP contribution >= 0.6 is 0 Å². The zero-order chi connectivity index (χ0) is 12.1. The molecule has 2 fully saturated rings. The summed E-state index contributed by atoms with van der Waals surface area (Å²) in [6.07, 6.45) is 9.65. The first-order valence-electron chi connectivity index (χ1n) is 7.33. The number of carbonyl (C=O) groups is 1. The Morgan fingerprint density at radius 3 is 2.53 bits per heavy atom. The Morgan fingerprint density at radius 1 is 1.18 bits per heavy atom. The molecule has 2 N–H and O–H groups in total. The SMILES string of the molecule is CCC1CCC(NC(=O)[C@@H]2CCCCN2)CC1. The van der Waals surface area contributed by atoms with Crippen molar-refractivity contribution in [2.75, 3.05) is 6.54 Å². The van der Waals surface area contributed by atoms with Crippen molar-refractivity contribution >= 4 is 5.91 Å². The van der Waals surface area contributed by atoms with Crippen molar-refractivity contribution in [1.82, 2.24) is 10.6 Å². The van der Waals surface area contributed by atoms with Gasteiger partial charge in [-0.3, -0.25) is 4.79 Å². The van der Waals surface area contributed by atoms with Crippen LogP contribution in [0.25, 0.3) is 0 Å². The number of rotatable bonds is 3. The van der Waals surface area contributed by atoms with Crippen LogP contribution in [0.2, 0.25) is 0 Å². The second-order valence-corrected chi connectivity index (χ2v) is 5.64. The number of piperidine rings is 1. The van der Waals surface area contributed by atoms with Crippen molar-refractivity contribution in [3.8, 4) is 0 Å². The lowest BCUT2D eigenvalue weighted by Crippen LogP contribution is -2.50. The predicted octanol–water partition coefficient (Wildman–Crippen LogP) is 2.21. The number of nitrogens with one attached hydrogen (secondary N) is 2. The fraction of sp³-hybridized carbons (Fsp3) is 0.929. The third-order valence-electron chi connectivity index (χ3n) is 4.40. The Bertz CT molecular complexity index is 241. The molecule has 1 atom stereocenters. The Morgan fingerprint density at radius 2 is 1.94 bits per heavy atom. The van der Waals surface area contributed by atoms with Gasteiger partial charge in [0.15, 0.2) is 0 Å². The van der Waals surface area contributed by atoms with Gasteiger partial charge in [0.2, 0.25) is 5.91 Å². The highest BCUT2D eigenvalue weighted by Gasteiger charge is 2.25. The van der Waals surface area contributed by atoms with Gasteiger partial charge in [0, 0.05) is 6.04 Å². The lowest BCUT2D eigenvalue weighted by molar-refractivity contribution is -0.124. The van der Waals surface area contributed by atoms with Crippen molar-refractivity contribution in [3.05, 3.63) is 0 Å². The topological polar surface area (TPSA) is 41.1 Å². The Labute approximate surface area is 105 Å². The van der Waals surface area contributed by atoms with E-state index >= 15 is 0 Å². The van der Waals surface area contributed by atoms with E-state index in [0.29, 0.717) is 6.04 Å². The summed E-state index contributed by atoms with van der Waals surface area (Å²) in [7, 11) is 0. The first-order valence-corrected chi connectivity index (χ1v) is 7.33. The summed E-state index contributed by atoms with van der Waals surface area (Å²) in [5.41, 5.74) is 0. The maximum absolute atomic E-state index is 12.0. The van der Waals surface area contributed by atoms with Crippen molar-refractivity contribution in [2.24, 2.45) is 5.92 Å². The van der Waals surface area contributed by atoms with Gasteiger partial charge in [0.05, 0.1) is 6.04 Å². The summed E-state index contributed by atoms with van der Waals surface area (Å²) < 4.78 is 0. The molecule has 1 saturated carbocycles. The van der Waals surface area contributed by atoms with Gasteiger partial charge < -0.3 is 10.6 Å². The van der Waals surface area contributed by atoms with E-state index in [1.807, 2.05) is 0 Å². The van der Waals surface area contributed by atoms with Gasteiger partial charge in [-0.25, -0.2) is 0 Å². The lowest BCUT2D eigenvalue weighted by Gasteiger charge is -2.30. The van der Waals surface area contributed by atoms with E-state index in [1.54, 1.807) is 0 Å².